The summed E-state index contributed by atoms with van der Waals surface area (Å²) in [5.41, 5.74) is 0.552. The normalized spacial score (nSPS) is 23.3. The van der Waals surface area contributed by atoms with Gasteiger partial charge in [-0.05, 0) is 37.5 Å². The fourth-order valence-electron chi connectivity index (χ4n) is 3.93. The summed E-state index contributed by atoms with van der Waals surface area (Å²) in [4.78, 5) is 14.7. The lowest BCUT2D eigenvalue weighted by molar-refractivity contribution is -0.134. The van der Waals surface area contributed by atoms with E-state index < -0.39 is 9.84 Å². The lowest BCUT2D eigenvalue weighted by atomic mass is 9.93. The molecule has 1 aromatic rings. The van der Waals surface area contributed by atoms with Gasteiger partial charge in [0.15, 0.2) is 9.84 Å². The van der Waals surface area contributed by atoms with E-state index in [1.807, 2.05) is 4.90 Å². The molecule has 1 saturated heterocycles. The minimum absolute atomic E-state index is 0.0521. The van der Waals surface area contributed by atoms with Crippen LogP contribution in [0.25, 0.3) is 0 Å². The van der Waals surface area contributed by atoms with E-state index >= 15 is 0 Å². The highest BCUT2D eigenvalue weighted by Crippen LogP contribution is 2.28. The molecule has 1 unspecified atom stereocenters. The van der Waals surface area contributed by atoms with E-state index in [4.69, 9.17) is 0 Å². The fraction of sp³-hybridized carbons (Fsp3) is 0.611. The lowest BCUT2D eigenvalue weighted by Crippen LogP contribution is -2.50. The van der Waals surface area contributed by atoms with E-state index in [9.17, 15) is 17.6 Å². The molecule has 0 radical (unpaired) electrons. The molecule has 1 amide bonds. The Hall–Kier alpha value is -1.63. The Labute approximate surface area is 148 Å². The van der Waals surface area contributed by atoms with Crippen molar-refractivity contribution in [2.24, 2.45) is 0 Å². The summed E-state index contributed by atoms with van der Waals surface area (Å²) in [6, 6.07) is 5.89. The van der Waals surface area contributed by atoms with E-state index in [2.05, 4.69) is 5.32 Å². The van der Waals surface area contributed by atoms with Crippen LogP contribution < -0.4 is 5.32 Å². The van der Waals surface area contributed by atoms with E-state index in [0.717, 1.165) is 25.7 Å². The van der Waals surface area contributed by atoms with Crippen LogP contribution in [0.4, 0.5) is 10.1 Å². The largest absolute Gasteiger partial charge is 0.376 e. The van der Waals surface area contributed by atoms with E-state index in [1.54, 1.807) is 12.1 Å². The van der Waals surface area contributed by atoms with Gasteiger partial charge >= 0.3 is 0 Å². The van der Waals surface area contributed by atoms with Gasteiger partial charge in [-0.2, -0.15) is 0 Å². The van der Waals surface area contributed by atoms with Crippen molar-refractivity contribution in [3.05, 3.63) is 30.1 Å². The van der Waals surface area contributed by atoms with Crippen molar-refractivity contribution in [2.45, 2.75) is 50.6 Å². The highest BCUT2D eigenvalue weighted by molar-refractivity contribution is 7.91. The van der Waals surface area contributed by atoms with Crippen molar-refractivity contribution >= 4 is 21.4 Å². The van der Waals surface area contributed by atoms with Crippen molar-refractivity contribution in [1.29, 1.82) is 0 Å². The zero-order chi connectivity index (χ0) is 17.9. The van der Waals surface area contributed by atoms with Gasteiger partial charge in [0.25, 0.3) is 0 Å². The number of hydrogen-bond acceptors (Lipinski definition) is 4. The Morgan fingerprint density at radius 2 is 1.92 bits per heavy atom. The molecule has 0 spiro atoms. The number of carbonyl (C=O) groups is 1. The van der Waals surface area contributed by atoms with Gasteiger partial charge in [0.05, 0.1) is 18.1 Å². The molecule has 1 N–H and O–H groups in total. The maximum atomic E-state index is 13.3. The molecule has 1 aromatic carbocycles. The first-order valence-corrected chi connectivity index (χ1v) is 10.8. The van der Waals surface area contributed by atoms with Gasteiger partial charge in [0, 0.05) is 17.8 Å². The topological polar surface area (TPSA) is 66.5 Å². The van der Waals surface area contributed by atoms with Crippen molar-refractivity contribution < 1.29 is 17.6 Å². The second-order valence-electron chi connectivity index (χ2n) is 7.01. The first kappa shape index (κ1) is 18.2. The quantitative estimate of drug-likeness (QED) is 0.868. The number of rotatable bonds is 5. The van der Waals surface area contributed by atoms with Gasteiger partial charge in [-0.3, -0.25) is 4.79 Å². The number of benzene rings is 1. The molecule has 25 heavy (non-hydrogen) atoms. The molecule has 138 valence electrons. The summed E-state index contributed by atoms with van der Waals surface area (Å²) < 4.78 is 37.0. The fourth-order valence-corrected chi connectivity index (χ4v) is 5.64. The van der Waals surface area contributed by atoms with Crippen LogP contribution in [0.15, 0.2) is 24.3 Å². The Morgan fingerprint density at radius 1 is 1.16 bits per heavy atom. The predicted octanol–water partition coefficient (Wildman–Crippen LogP) is 2.59. The zero-order valence-electron chi connectivity index (χ0n) is 14.3. The van der Waals surface area contributed by atoms with Crippen LogP contribution >= 0.6 is 0 Å². The van der Waals surface area contributed by atoms with Crippen LogP contribution in [-0.4, -0.2) is 49.4 Å². The first-order valence-electron chi connectivity index (χ1n) is 8.96. The smallest absolute Gasteiger partial charge is 0.242 e. The third kappa shape index (κ3) is 4.71. The molecule has 1 aliphatic heterocycles. The van der Waals surface area contributed by atoms with Gasteiger partial charge in [-0.15, -0.1) is 0 Å². The molecule has 0 aromatic heterocycles. The summed E-state index contributed by atoms with van der Waals surface area (Å²) in [6.07, 6.45) is 5.70. The maximum Gasteiger partial charge on any atom is 0.242 e. The molecule has 5 nitrogen and oxygen atoms in total. The average Bonchev–Trinajstić information content (AvgIpc) is 2.94. The van der Waals surface area contributed by atoms with Gasteiger partial charge < -0.3 is 10.2 Å². The van der Waals surface area contributed by atoms with E-state index in [1.165, 1.54) is 18.6 Å². The van der Waals surface area contributed by atoms with Crippen LogP contribution in [0, 0.1) is 5.82 Å². The predicted molar refractivity (Wildman–Crippen MR) is 95.7 cm³/mol. The van der Waals surface area contributed by atoms with Crippen molar-refractivity contribution in [1.82, 2.24) is 4.90 Å². The van der Waals surface area contributed by atoms with Crippen LogP contribution in [0.1, 0.15) is 38.5 Å². The average molecular weight is 368 g/mol. The SMILES string of the molecule is O=C(CNc1cccc(F)c1)N(C1CCCCC1)C1CCS(=O)(=O)C1. The standard InChI is InChI=1S/C18H25FN2O3S/c19-14-5-4-6-15(11-14)20-12-18(22)21(16-7-2-1-3-8-16)17-9-10-25(23,24)13-17/h4-6,11,16-17,20H,1-3,7-10,12-13H2. The van der Waals surface area contributed by atoms with Crippen LogP contribution in [0.5, 0.6) is 0 Å². The van der Waals surface area contributed by atoms with Crippen molar-refractivity contribution in [2.75, 3.05) is 23.4 Å². The Balaban J connectivity index is 1.70. The Morgan fingerprint density at radius 3 is 2.56 bits per heavy atom. The summed E-state index contributed by atoms with van der Waals surface area (Å²) in [6.45, 7) is 0.0521. The molecule has 2 aliphatic rings. The van der Waals surface area contributed by atoms with Crippen LogP contribution in [0.2, 0.25) is 0 Å². The maximum absolute atomic E-state index is 13.3. The summed E-state index contributed by atoms with van der Waals surface area (Å²) >= 11 is 0. The van der Waals surface area contributed by atoms with E-state index in [0.29, 0.717) is 12.1 Å². The Kier molecular flexibility index (Phi) is 5.61. The third-order valence-corrected chi connectivity index (χ3v) is 6.88. The van der Waals surface area contributed by atoms with Gasteiger partial charge in [-0.25, -0.2) is 12.8 Å². The summed E-state index contributed by atoms with van der Waals surface area (Å²) in [5.74, 6) is -0.234. The summed E-state index contributed by atoms with van der Waals surface area (Å²) in [7, 11) is -3.05. The molecule has 1 atom stereocenters. The molecule has 0 bridgehead atoms. The van der Waals surface area contributed by atoms with Gasteiger partial charge in [0.2, 0.25) is 5.91 Å². The molecule has 1 heterocycles. The van der Waals surface area contributed by atoms with Crippen LogP contribution in [-0.2, 0) is 14.6 Å². The second kappa shape index (κ2) is 7.72. The minimum atomic E-state index is -3.05. The summed E-state index contributed by atoms with van der Waals surface area (Å²) in [5, 5.41) is 2.97. The molecular formula is C18H25FN2O3S. The molecule has 1 saturated carbocycles. The van der Waals surface area contributed by atoms with Gasteiger partial charge in [-0.1, -0.05) is 25.3 Å². The molecule has 1 aliphatic carbocycles. The monoisotopic (exact) mass is 368 g/mol. The third-order valence-electron chi connectivity index (χ3n) is 5.13. The second-order valence-corrected chi connectivity index (χ2v) is 9.24. The van der Waals surface area contributed by atoms with Crippen LogP contribution in [0.3, 0.4) is 0 Å². The van der Waals surface area contributed by atoms with Crippen molar-refractivity contribution in [3.63, 3.8) is 0 Å². The highest BCUT2D eigenvalue weighted by Gasteiger charge is 2.38. The highest BCUT2D eigenvalue weighted by atomic mass is 32.2. The number of anilines is 1. The van der Waals surface area contributed by atoms with Crippen molar-refractivity contribution in [3.8, 4) is 0 Å². The number of sulfone groups is 1. The number of nitrogens with zero attached hydrogens (tertiary/aromatic N) is 1. The number of halogens is 1. The zero-order valence-corrected chi connectivity index (χ0v) is 15.1. The van der Waals surface area contributed by atoms with E-state index in [-0.39, 0.29) is 41.9 Å². The lowest BCUT2D eigenvalue weighted by Gasteiger charge is -2.38. The molecule has 2 fully saturated rings. The molecule has 7 heteroatoms. The molecule has 3 rings (SSSR count). The number of nitrogens with one attached hydrogen (secondary N) is 1. The Bertz CT molecular complexity index is 717. The number of carbonyl (C=O) groups excluding carboxylic acids is 1. The first-order chi connectivity index (χ1) is 11.9. The van der Waals surface area contributed by atoms with Gasteiger partial charge in [0.1, 0.15) is 5.82 Å². The minimum Gasteiger partial charge on any atom is -0.376 e. The molecular weight excluding hydrogens is 343 g/mol. The number of hydrogen-bond donors (Lipinski definition) is 1. The number of amides is 1.